The van der Waals surface area contributed by atoms with E-state index >= 15 is 0 Å². The van der Waals surface area contributed by atoms with Crippen LogP contribution in [0.2, 0.25) is 0 Å². The molecule has 2 heterocycles. The Morgan fingerprint density at radius 1 is 1.06 bits per heavy atom. The summed E-state index contributed by atoms with van der Waals surface area (Å²) in [6.45, 7) is 3.37. The van der Waals surface area contributed by atoms with Crippen LogP contribution in [-0.4, -0.2) is 34.0 Å². The predicted molar refractivity (Wildman–Crippen MR) is 136 cm³/mol. The number of nitrogens with zero attached hydrogens (tertiary/aromatic N) is 3. The van der Waals surface area contributed by atoms with E-state index in [9.17, 15) is 4.79 Å². The summed E-state index contributed by atoms with van der Waals surface area (Å²) in [5.41, 5.74) is 4.88. The zero-order chi connectivity index (χ0) is 23.5. The number of methoxy groups -OCH3 is 1. The van der Waals surface area contributed by atoms with Crippen LogP contribution < -0.4 is 4.74 Å². The molecule has 4 aromatic rings. The van der Waals surface area contributed by atoms with Gasteiger partial charge in [-0.25, -0.2) is 4.98 Å². The van der Waals surface area contributed by atoms with Crippen molar-refractivity contribution in [2.24, 2.45) is 0 Å². The summed E-state index contributed by atoms with van der Waals surface area (Å²) in [6.07, 6.45) is 8.58. The highest BCUT2D eigenvalue weighted by Gasteiger charge is 2.22. The maximum atomic E-state index is 13.5. The maximum Gasteiger partial charge on any atom is 0.250 e. The molecule has 5 rings (SSSR count). The summed E-state index contributed by atoms with van der Waals surface area (Å²) in [6, 6.07) is 20.7. The van der Waals surface area contributed by atoms with Gasteiger partial charge in [-0.05, 0) is 66.3 Å². The van der Waals surface area contributed by atoms with Crippen LogP contribution in [0.15, 0.2) is 78.8 Å². The van der Waals surface area contributed by atoms with Crippen LogP contribution in [0.4, 0.5) is 0 Å². The van der Waals surface area contributed by atoms with Crippen molar-refractivity contribution in [3.8, 4) is 11.4 Å². The lowest BCUT2D eigenvalue weighted by atomic mass is 10.0. The van der Waals surface area contributed by atoms with E-state index in [0.717, 1.165) is 54.1 Å². The zero-order valence-electron chi connectivity index (χ0n) is 19.7. The zero-order valence-corrected chi connectivity index (χ0v) is 19.7. The van der Waals surface area contributed by atoms with Crippen LogP contribution in [0.3, 0.4) is 0 Å². The van der Waals surface area contributed by atoms with Gasteiger partial charge in [-0.2, -0.15) is 0 Å². The third kappa shape index (κ3) is 4.46. The van der Waals surface area contributed by atoms with Crippen molar-refractivity contribution in [2.45, 2.75) is 32.7 Å². The van der Waals surface area contributed by atoms with Gasteiger partial charge in [0.15, 0.2) is 0 Å². The molecule has 0 radical (unpaired) electrons. The van der Waals surface area contributed by atoms with Crippen LogP contribution in [0, 0.1) is 6.92 Å². The van der Waals surface area contributed by atoms with Crippen molar-refractivity contribution in [3.63, 3.8) is 0 Å². The molecule has 0 spiro atoms. The van der Waals surface area contributed by atoms with Crippen LogP contribution in [0.1, 0.15) is 36.1 Å². The average Bonchev–Trinajstić information content (AvgIpc) is 3.23. The number of amides is 1. The van der Waals surface area contributed by atoms with Crippen LogP contribution in [0.25, 0.3) is 22.5 Å². The summed E-state index contributed by atoms with van der Waals surface area (Å²) in [7, 11) is 1.67. The highest BCUT2D eigenvalue weighted by Crippen LogP contribution is 2.28. The van der Waals surface area contributed by atoms with Gasteiger partial charge in [0.2, 0.25) is 5.91 Å². The number of aromatic nitrogens is 2. The number of hydrogen-bond donors (Lipinski definition) is 0. The fraction of sp³-hybridized carbons (Fsp3) is 0.241. The van der Waals surface area contributed by atoms with Crippen molar-refractivity contribution < 1.29 is 9.53 Å². The lowest BCUT2D eigenvalue weighted by molar-refractivity contribution is -0.127. The first kappa shape index (κ1) is 22.0. The van der Waals surface area contributed by atoms with Gasteiger partial charge in [-0.1, -0.05) is 48.5 Å². The predicted octanol–water partition coefficient (Wildman–Crippen LogP) is 5.94. The molecule has 1 fully saturated rings. The van der Waals surface area contributed by atoms with E-state index in [-0.39, 0.29) is 5.91 Å². The van der Waals surface area contributed by atoms with E-state index in [2.05, 4.69) is 47.4 Å². The number of benzene rings is 3. The fourth-order valence-corrected chi connectivity index (χ4v) is 4.70. The van der Waals surface area contributed by atoms with Crippen molar-refractivity contribution in [2.75, 3.05) is 13.7 Å². The topological polar surface area (TPSA) is 47.4 Å². The first-order valence-corrected chi connectivity index (χ1v) is 11.8. The second-order valence-corrected chi connectivity index (χ2v) is 8.85. The molecule has 34 heavy (non-hydrogen) atoms. The third-order valence-electron chi connectivity index (χ3n) is 6.46. The summed E-state index contributed by atoms with van der Waals surface area (Å²) in [5.74, 6) is 0.874. The van der Waals surface area contributed by atoms with E-state index < -0.39 is 0 Å². The largest absolute Gasteiger partial charge is 0.495 e. The Morgan fingerprint density at radius 3 is 2.74 bits per heavy atom. The molecule has 3 aromatic carbocycles. The summed E-state index contributed by atoms with van der Waals surface area (Å²) >= 11 is 0. The van der Waals surface area contributed by atoms with E-state index in [1.807, 2.05) is 46.9 Å². The van der Waals surface area contributed by atoms with Crippen LogP contribution in [-0.2, 0) is 11.3 Å². The highest BCUT2D eigenvalue weighted by atomic mass is 16.5. The minimum Gasteiger partial charge on any atom is -0.495 e. The smallest absolute Gasteiger partial charge is 0.250 e. The Labute approximate surface area is 200 Å². The van der Waals surface area contributed by atoms with Gasteiger partial charge in [0.25, 0.3) is 0 Å². The molecule has 1 amide bonds. The SMILES string of the molecule is COc1cc(/C=C2\CCCCN(Cc3cccc4ccccc34)C2=O)ccc1-n1cnc(C)c1. The van der Waals surface area contributed by atoms with Crippen molar-refractivity contribution in [1.29, 1.82) is 0 Å². The summed E-state index contributed by atoms with van der Waals surface area (Å²) < 4.78 is 7.61. The molecule has 0 aliphatic carbocycles. The van der Waals surface area contributed by atoms with Crippen LogP contribution in [0.5, 0.6) is 5.75 Å². The molecule has 0 saturated carbocycles. The lowest BCUT2D eigenvalue weighted by Gasteiger charge is -2.22. The Hall–Kier alpha value is -3.86. The van der Waals surface area contributed by atoms with E-state index in [0.29, 0.717) is 6.54 Å². The molecule has 172 valence electrons. The Balaban J connectivity index is 1.43. The van der Waals surface area contributed by atoms with Crippen molar-refractivity contribution in [1.82, 2.24) is 14.5 Å². The Kier molecular flexibility index (Phi) is 6.17. The molecular formula is C29H29N3O2. The summed E-state index contributed by atoms with van der Waals surface area (Å²) in [5, 5.41) is 2.42. The number of aryl methyl sites for hydroxylation is 1. The first-order valence-electron chi connectivity index (χ1n) is 11.8. The van der Waals surface area contributed by atoms with Gasteiger partial charge in [0, 0.05) is 24.9 Å². The number of fused-ring (bicyclic) bond motifs is 1. The molecule has 5 heteroatoms. The number of carbonyl (C=O) groups is 1. The van der Waals surface area contributed by atoms with Gasteiger partial charge in [-0.15, -0.1) is 0 Å². The lowest BCUT2D eigenvalue weighted by Crippen LogP contribution is -2.31. The molecule has 1 aromatic heterocycles. The molecule has 1 aliphatic rings. The number of hydrogen-bond acceptors (Lipinski definition) is 3. The van der Waals surface area contributed by atoms with Gasteiger partial charge in [0.1, 0.15) is 5.75 Å². The quantitative estimate of drug-likeness (QED) is 0.353. The van der Waals surface area contributed by atoms with Crippen molar-refractivity contribution >= 4 is 22.8 Å². The van der Waals surface area contributed by atoms with E-state index in [1.165, 1.54) is 16.3 Å². The fourth-order valence-electron chi connectivity index (χ4n) is 4.70. The average molecular weight is 452 g/mol. The van der Waals surface area contributed by atoms with Crippen LogP contribution >= 0.6 is 0 Å². The standard InChI is InChI=1S/C29H29N3O2/c1-21-18-32(20-30-21)27-14-13-22(17-28(27)34-2)16-24-9-5-6-15-31(29(24)33)19-25-11-7-10-23-8-3-4-12-26(23)25/h3-4,7-8,10-14,16-18,20H,5-6,9,15,19H2,1-2H3/b24-16+. The van der Waals surface area contributed by atoms with Gasteiger partial charge >= 0.3 is 0 Å². The molecular weight excluding hydrogens is 422 g/mol. The second-order valence-electron chi connectivity index (χ2n) is 8.85. The summed E-state index contributed by atoms with van der Waals surface area (Å²) in [4.78, 5) is 19.9. The minimum atomic E-state index is 0.124. The molecule has 0 bridgehead atoms. The number of imidazole rings is 1. The molecule has 1 aliphatic heterocycles. The minimum absolute atomic E-state index is 0.124. The normalized spacial score (nSPS) is 15.6. The maximum absolute atomic E-state index is 13.5. The monoisotopic (exact) mass is 451 g/mol. The molecule has 5 nitrogen and oxygen atoms in total. The number of likely N-dealkylation sites (tertiary alicyclic amines) is 1. The van der Waals surface area contributed by atoms with Gasteiger partial charge in [-0.3, -0.25) is 4.79 Å². The Bertz CT molecular complexity index is 1360. The van der Waals surface area contributed by atoms with E-state index in [4.69, 9.17) is 4.74 Å². The molecule has 1 saturated heterocycles. The number of rotatable bonds is 5. The second kappa shape index (κ2) is 9.56. The number of carbonyl (C=O) groups excluding carboxylic acids is 1. The van der Waals surface area contributed by atoms with Crippen molar-refractivity contribution in [3.05, 3.63) is 95.6 Å². The molecule has 0 N–H and O–H groups in total. The van der Waals surface area contributed by atoms with Gasteiger partial charge < -0.3 is 14.2 Å². The third-order valence-corrected chi connectivity index (χ3v) is 6.46. The highest BCUT2D eigenvalue weighted by molar-refractivity contribution is 5.98. The molecule has 0 atom stereocenters. The number of ether oxygens (including phenoxy) is 1. The van der Waals surface area contributed by atoms with E-state index in [1.54, 1.807) is 13.4 Å². The molecule has 0 unspecified atom stereocenters. The van der Waals surface area contributed by atoms with Gasteiger partial charge in [0.05, 0.1) is 24.8 Å². The first-order chi connectivity index (χ1) is 16.6. The Morgan fingerprint density at radius 2 is 1.91 bits per heavy atom.